The normalized spacial score (nSPS) is 17.7. The SMILES string of the molecule is COCCCNC(=O)CN1CCNCC1. The van der Waals surface area contributed by atoms with Crippen molar-refractivity contribution in [2.45, 2.75) is 6.42 Å². The molecule has 0 spiro atoms. The molecule has 1 aliphatic rings. The second-order valence-corrected chi connectivity index (χ2v) is 3.72. The topological polar surface area (TPSA) is 53.6 Å². The van der Waals surface area contributed by atoms with Gasteiger partial charge in [-0.2, -0.15) is 0 Å². The summed E-state index contributed by atoms with van der Waals surface area (Å²) in [7, 11) is 1.67. The van der Waals surface area contributed by atoms with E-state index in [2.05, 4.69) is 15.5 Å². The largest absolute Gasteiger partial charge is 0.385 e. The van der Waals surface area contributed by atoms with Gasteiger partial charge in [0.25, 0.3) is 0 Å². The van der Waals surface area contributed by atoms with Gasteiger partial charge in [-0.1, -0.05) is 0 Å². The fourth-order valence-electron chi connectivity index (χ4n) is 1.57. The van der Waals surface area contributed by atoms with Crippen LogP contribution < -0.4 is 10.6 Å². The third-order valence-electron chi connectivity index (χ3n) is 2.42. The third-order valence-corrected chi connectivity index (χ3v) is 2.42. The predicted octanol–water partition coefficient (Wildman–Crippen LogP) is -0.956. The minimum Gasteiger partial charge on any atom is -0.385 e. The Labute approximate surface area is 91.2 Å². The summed E-state index contributed by atoms with van der Waals surface area (Å²) < 4.78 is 4.90. The monoisotopic (exact) mass is 215 g/mol. The van der Waals surface area contributed by atoms with Gasteiger partial charge in [0.1, 0.15) is 0 Å². The number of methoxy groups -OCH3 is 1. The summed E-state index contributed by atoms with van der Waals surface area (Å²) in [5.74, 6) is 0.119. The number of rotatable bonds is 6. The van der Waals surface area contributed by atoms with Gasteiger partial charge in [-0.05, 0) is 6.42 Å². The number of piperazine rings is 1. The van der Waals surface area contributed by atoms with E-state index in [4.69, 9.17) is 4.74 Å². The quantitative estimate of drug-likeness (QED) is 0.561. The van der Waals surface area contributed by atoms with Crippen LogP contribution in [0.2, 0.25) is 0 Å². The Kier molecular flexibility index (Phi) is 6.31. The maximum absolute atomic E-state index is 11.5. The van der Waals surface area contributed by atoms with Crippen LogP contribution in [0.25, 0.3) is 0 Å². The zero-order valence-electron chi connectivity index (χ0n) is 9.42. The lowest BCUT2D eigenvalue weighted by molar-refractivity contribution is -0.122. The molecule has 1 fully saturated rings. The molecule has 1 aliphatic heterocycles. The van der Waals surface area contributed by atoms with Crippen molar-refractivity contribution in [3.63, 3.8) is 0 Å². The molecular formula is C10H21N3O2. The Bertz CT molecular complexity index is 182. The van der Waals surface area contributed by atoms with Crippen molar-refractivity contribution in [3.05, 3.63) is 0 Å². The Morgan fingerprint density at radius 1 is 1.47 bits per heavy atom. The second-order valence-electron chi connectivity index (χ2n) is 3.72. The van der Waals surface area contributed by atoms with Crippen LogP contribution in [-0.4, -0.2) is 63.8 Å². The average Bonchev–Trinajstić information content (AvgIpc) is 2.26. The molecule has 0 radical (unpaired) electrons. The molecule has 2 N–H and O–H groups in total. The van der Waals surface area contributed by atoms with Gasteiger partial charge in [0.2, 0.25) is 5.91 Å². The lowest BCUT2D eigenvalue weighted by atomic mass is 10.3. The summed E-state index contributed by atoms with van der Waals surface area (Å²) in [5.41, 5.74) is 0. The summed E-state index contributed by atoms with van der Waals surface area (Å²) in [4.78, 5) is 13.6. The fourth-order valence-corrected chi connectivity index (χ4v) is 1.57. The van der Waals surface area contributed by atoms with E-state index in [1.54, 1.807) is 7.11 Å². The number of carbonyl (C=O) groups is 1. The van der Waals surface area contributed by atoms with E-state index in [1.165, 1.54) is 0 Å². The van der Waals surface area contributed by atoms with Gasteiger partial charge < -0.3 is 15.4 Å². The molecule has 0 aromatic heterocycles. The second kappa shape index (κ2) is 7.62. The Hall–Kier alpha value is -0.650. The van der Waals surface area contributed by atoms with Crippen molar-refractivity contribution in [3.8, 4) is 0 Å². The van der Waals surface area contributed by atoms with Crippen LogP contribution in [0, 0.1) is 0 Å². The summed E-state index contributed by atoms with van der Waals surface area (Å²) in [6.45, 7) is 5.83. The van der Waals surface area contributed by atoms with Crippen LogP contribution >= 0.6 is 0 Å². The van der Waals surface area contributed by atoms with Gasteiger partial charge in [-0.25, -0.2) is 0 Å². The highest BCUT2D eigenvalue weighted by Crippen LogP contribution is 1.90. The molecule has 88 valence electrons. The van der Waals surface area contributed by atoms with E-state index >= 15 is 0 Å². The standard InChI is InChI=1S/C10H21N3O2/c1-15-8-2-3-12-10(14)9-13-6-4-11-5-7-13/h11H,2-9H2,1H3,(H,12,14). The average molecular weight is 215 g/mol. The minimum atomic E-state index is 0.119. The zero-order chi connectivity index (χ0) is 10.9. The van der Waals surface area contributed by atoms with E-state index < -0.39 is 0 Å². The number of nitrogens with zero attached hydrogens (tertiary/aromatic N) is 1. The van der Waals surface area contributed by atoms with Crippen LogP contribution in [0.1, 0.15) is 6.42 Å². The highest BCUT2D eigenvalue weighted by Gasteiger charge is 2.12. The minimum absolute atomic E-state index is 0.119. The zero-order valence-corrected chi connectivity index (χ0v) is 9.42. The fraction of sp³-hybridized carbons (Fsp3) is 0.900. The van der Waals surface area contributed by atoms with Gasteiger partial charge in [0.05, 0.1) is 6.54 Å². The molecule has 0 aliphatic carbocycles. The number of amides is 1. The Morgan fingerprint density at radius 3 is 2.87 bits per heavy atom. The molecular weight excluding hydrogens is 194 g/mol. The van der Waals surface area contributed by atoms with Crippen molar-refractivity contribution in [1.29, 1.82) is 0 Å². The highest BCUT2D eigenvalue weighted by molar-refractivity contribution is 5.77. The van der Waals surface area contributed by atoms with Crippen LogP contribution in [0.5, 0.6) is 0 Å². The van der Waals surface area contributed by atoms with E-state index in [0.717, 1.165) is 32.6 Å². The summed E-state index contributed by atoms with van der Waals surface area (Å²) >= 11 is 0. The molecule has 0 aromatic rings. The van der Waals surface area contributed by atoms with Crippen molar-refractivity contribution in [2.24, 2.45) is 0 Å². The Morgan fingerprint density at radius 2 is 2.20 bits per heavy atom. The maximum atomic E-state index is 11.5. The summed E-state index contributed by atoms with van der Waals surface area (Å²) in [6, 6.07) is 0. The molecule has 1 amide bonds. The first-order valence-electron chi connectivity index (χ1n) is 5.51. The number of nitrogens with one attached hydrogen (secondary N) is 2. The summed E-state index contributed by atoms with van der Waals surface area (Å²) in [6.07, 6.45) is 0.879. The van der Waals surface area contributed by atoms with Crippen molar-refractivity contribution in [2.75, 3.05) is 53.0 Å². The molecule has 5 nitrogen and oxygen atoms in total. The van der Waals surface area contributed by atoms with E-state index in [0.29, 0.717) is 19.7 Å². The molecule has 15 heavy (non-hydrogen) atoms. The molecule has 0 saturated carbocycles. The molecule has 0 aromatic carbocycles. The first-order chi connectivity index (χ1) is 7.33. The molecule has 0 bridgehead atoms. The van der Waals surface area contributed by atoms with Crippen molar-refractivity contribution < 1.29 is 9.53 Å². The molecule has 1 saturated heterocycles. The van der Waals surface area contributed by atoms with Gasteiger partial charge in [0, 0.05) is 46.4 Å². The van der Waals surface area contributed by atoms with E-state index in [9.17, 15) is 4.79 Å². The number of carbonyl (C=O) groups excluding carboxylic acids is 1. The van der Waals surface area contributed by atoms with E-state index in [-0.39, 0.29) is 5.91 Å². The van der Waals surface area contributed by atoms with Crippen LogP contribution in [0.15, 0.2) is 0 Å². The van der Waals surface area contributed by atoms with Crippen LogP contribution in [0.4, 0.5) is 0 Å². The first kappa shape index (κ1) is 12.4. The molecule has 0 atom stereocenters. The molecule has 1 rings (SSSR count). The van der Waals surface area contributed by atoms with E-state index in [1.807, 2.05) is 0 Å². The van der Waals surface area contributed by atoms with Gasteiger partial charge in [-0.15, -0.1) is 0 Å². The van der Waals surface area contributed by atoms with Crippen LogP contribution in [0.3, 0.4) is 0 Å². The Balaban J connectivity index is 2.01. The third kappa shape index (κ3) is 5.71. The number of ether oxygens (including phenoxy) is 1. The van der Waals surface area contributed by atoms with Gasteiger partial charge >= 0.3 is 0 Å². The number of hydrogen-bond acceptors (Lipinski definition) is 4. The van der Waals surface area contributed by atoms with Gasteiger partial charge in [-0.3, -0.25) is 9.69 Å². The summed E-state index contributed by atoms with van der Waals surface area (Å²) in [5, 5.41) is 6.14. The molecule has 5 heteroatoms. The lowest BCUT2D eigenvalue weighted by Gasteiger charge is -2.26. The predicted molar refractivity (Wildman–Crippen MR) is 58.8 cm³/mol. The number of hydrogen-bond donors (Lipinski definition) is 2. The first-order valence-corrected chi connectivity index (χ1v) is 5.51. The smallest absolute Gasteiger partial charge is 0.234 e. The van der Waals surface area contributed by atoms with Crippen molar-refractivity contribution >= 4 is 5.91 Å². The maximum Gasteiger partial charge on any atom is 0.234 e. The van der Waals surface area contributed by atoms with Crippen LogP contribution in [-0.2, 0) is 9.53 Å². The lowest BCUT2D eigenvalue weighted by Crippen LogP contribution is -2.47. The molecule has 1 heterocycles. The van der Waals surface area contributed by atoms with Gasteiger partial charge in [0.15, 0.2) is 0 Å². The highest BCUT2D eigenvalue weighted by atomic mass is 16.5. The molecule has 0 unspecified atom stereocenters. The van der Waals surface area contributed by atoms with Crippen molar-refractivity contribution in [1.82, 2.24) is 15.5 Å².